The summed E-state index contributed by atoms with van der Waals surface area (Å²) in [4.78, 5) is 0. The van der Waals surface area contributed by atoms with E-state index in [2.05, 4.69) is 5.10 Å². The molecule has 2 aromatic rings. The minimum absolute atomic E-state index is 0.277. The van der Waals surface area contributed by atoms with Crippen LogP contribution in [0.15, 0.2) is 36.7 Å². The fourth-order valence-electron chi connectivity index (χ4n) is 1.44. The summed E-state index contributed by atoms with van der Waals surface area (Å²) < 4.78 is 1.80. The molecule has 2 rings (SSSR count). The van der Waals surface area contributed by atoms with Crippen LogP contribution in [0.5, 0.6) is 5.75 Å². The van der Waals surface area contributed by atoms with Gasteiger partial charge in [-0.1, -0.05) is 12.1 Å². The van der Waals surface area contributed by atoms with E-state index in [0.717, 1.165) is 11.1 Å². The van der Waals surface area contributed by atoms with Crippen LogP contribution < -0.4 is 5.73 Å². The van der Waals surface area contributed by atoms with Gasteiger partial charge in [0.05, 0.1) is 12.7 Å². The lowest BCUT2D eigenvalue weighted by Gasteiger charge is -2.01. The van der Waals surface area contributed by atoms with Crippen LogP contribution in [-0.2, 0) is 13.1 Å². The lowest BCUT2D eigenvalue weighted by molar-refractivity contribution is 0.474. The zero-order chi connectivity index (χ0) is 10.7. The van der Waals surface area contributed by atoms with Gasteiger partial charge in [0, 0.05) is 18.3 Å². The molecule has 0 unspecified atom stereocenters. The van der Waals surface area contributed by atoms with E-state index in [9.17, 15) is 5.11 Å². The van der Waals surface area contributed by atoms with Gasteiger partial charge in [-0.05, 0) is 17.7 Å². The molecule has 0 aliphatic heterocycles. The molecule has 0 saturated heterocycles. The van der Waals surface area contributed by atoms with Gasteiger partial charge in [0.25, 0.3) is 0 Å². The Morgan fingerprint density at radius 3 is 2.87 bits per heavy atom. The molecule has 0 spiro atoms. The minimum Gasteiger partial charge on any atom is -0.508 e. The zero-order valence-electron chi connectivity index (χ0n) is 8.30. The molecule has 0 aliphatic carbocycles. The summed E-state index contributed by atoms with van der Waals surface area (Å²) in [6, 6.07) is 7.14. The molecule has 0 radical (unpaired) electrons. The second-order valence-corrected chi connectivity index (χ2v) is 3.42. The van der Waals surface area contributed by atoms with Crippen molar-refractivity contribution in [2.75, 3.05) is 0 Å². The van der Waals surface area contributed by atoms with Gasteiger partial charge in [-0.25, -0.2) is 0 Å². The molecule has 0 atom stereocenters. The van der Waals surface area contributed by atoms with Crippen molar-refractivity contribution in [1.29, 1.82) is 0 Å². The van der Waals surface area contributed by atoms with Crippen LogP contribution in [-0.4, -0.2) is 14.9 Å². The third kappa shape index (κ3) is 2.35. The highest BCUT2D eigenvalue weighted by atomic mass is 16.3. The fourth-order valence-corrected chi connectivity index (χ4v) is 1.44. The van der Waals surface area contributed by atoms with Gasteiger partial charge in [-0.2, -0.15) is 5.10 Å². The quantitative estimate of drug-likeness (QED) is 0.785. The second-order valence-electron chi connectivity index (χ2n) is 3.42. The van der Waals surface area contributed by atoms with Crippen molar-refractivity contribution in [2.24, 2.45) is 5.73 Å². The van der Waals surface area contributed by atoms with Crippen molar-refractivity contribution in [3.8, 4) is 5.75 Å². The summed E-state index contributed by atoms with van der Waals surface area (Å²) in [7, 11) is 0. The van der Waals surface area contributed by atoms with Crippen molar-refractivity contribution in [3.05, 3.63) is 47.8 Å². The lowest BCUT2D eigenvalue weighted by atomic mass is 10.2. The summed E-state index contributed by atoms with van der Waals surface area (Å²) in [6.45, 7) is 1.15. The maximum Gasteiger partial charge on any atom is 0.115 e. The highest BCUT2D eigenvalue weighted by Crippen LogP contribution is 2.12. The van der Waals surface area contributed by atoms with Crippen LogP contribution in [0, 0.1) is 0 Å². The average molecular weight is 203 g/mol. The molecule has 1 heterocycles. The molecule has 0 amide bonds. The third-order valence-corrected chi connectivity index (χ3v) is 2.18. The molecule has 4 heteroatoms. The Labute approximate surface area is 88.0 Å². The number of aromatic nitrogens is 2. The van der Waals surface area contributed by atoms with E-state index >= 15 is 0 Å². The van der Waals surface area contributed by atoms with Gasteiger partial charge in [0.1, 0.15) is 5.75 Å². The average Bonchev–Trinajstić information content (AvgIpc) is 2.65. The maximum absolute atomic E-state index is 9.29. The Kier molecular flexibility index (Phi) is 2.69. The van der Waals surface area contributed by atoms with Gasteiger partial charge < -0.3 is 10.8 Å². The Hall–Kier alpha value is -1.81. The Morgan fingerprint density at radius 1 is 1.33 bits per heavy atom. The smallest absolute Gasteiger partial charge is 0.115 e. The number of nitrogens with zero attached hydrogens (tertiary/aromatic N) is 2. The molecular formula is C11H13N3O. The molecule has 1 aromatic carbocycles. The number of hydrogen-bond acceptors (Lipinski definition) is 3. The molecule has 0 saturated carbocycles. The van der Waals surface area contributed by atoms with E-state index < -0.39 is 0 Å². The molecule has 0 fully saturated rings. The van der Waals surface area contributed by atoms with Crippen molar-refractivity contribution >= 4 is 0 Å². The number of aromatic hydroxyl groups is 1. The molecule has 78 valence electrons. The summed E-state index contributed by atoms with van der Waals surface area (Å²) in [5.74, 6) is 0.277. The first-order chi connectivity index (χ1) is 7.28. The molecular weight excluding hydrogens is 190 g/mol. The fraction of sp³-hybridized carbons (Fsp3) is 0.182. The largest absolute Gasteiger partial charge is 0.508 e. The number of rotatable bonds is 3. The molecule has 3 N–H and O–H groups in total. The Bertz CT molecular complexity index is 451. The Morgan fingerprint density at radius 2 is 2.20 bits per heavy atom. The van der Waals surface area contributed by atoms with Crippen LogP contribution in [0.4, 0.5) is 0 Å². The van der Waals surface area contributed by atoms with E-state index in [1.54, 1.807) is 23.0 Å². The van der Waals surface area contributed by atoms with Crippen LogP contribution >= 0.6 is 0 Å². The van der Waals surface area contributed by atoms with Gasteiger partial charge in [-0.15, -0.1) is 0 Å². The monoisotopic (exact) mass is 203 g/mol. The predicted molar refractivity (Wildman–Crippen MR) is 57.3 cm³/mol. The molecule has 0 aliphatic rings. The summed E-state index contributed by atoms with van der Waals surface area (Å²) in [6.07, 6.45) is 3.66. The SMILES string of the molecule is NCc1cnn(Cc2cccc(O)c2)c1. The first-order valence-electron chi connectivity index (χ1n) is 4.77. The van der Waals surface area contributed by atoms with E-state index in [1.807, 2.05) is 18.3 Å². The standard InChI is InChI=1S/C11H13N3O/c12-5-10-6-13-14(8-10)7-9-2-1-3-11(15)4-9/h1-4,6,8,15H,5,7,12H2. The summed E-state index contributed by atoms with van der Waals surface area (Å²) in [5.41, 5.74) is 7.51. The normalized spacial score (nSPS) is 10.5. The minimum atomic E-state index is 0.277. The van der Waals surface area contributed by atoms with Crippen LogP contribution in [0.3, 0.4) is 0 Å². The number of phenols is 1. The first kappa shape index (κ1) is 9.73. The van der Waals surface area contributed by atoms with Crippen LogP contribution in [0.25, 0.3) is 0 Å². The van der Waals surface area contributed by atoms with Crippen LogP contribution in [0.2, 0.25) is 0 Å². The lowest BCUT2D eigenvalue weighted by Crippen LogP contribution is -2.00. The van der Waals surface area contributed by atoms with E-state index in [0.29, 0.717) is 13.1 Å². The van der Waals surface area contributed by atoms with Crippen molar-refractivity contribution in [2.45, 2.75) is 13.1 Å². The van der Waals surface area contributed by atoms with Crippen molar-refractivity contribution in [3.63, 3.8) is 0 Å². The highest BCUT2D eigenvalue weighted by Gasteiger charge is 1.98. The second kappa shape index (κ2) is 4.14. The van der Waals surface area contributed by atoms with Crippen LogP contribution in [0.1, 0.15) is 11.1 Å². The molecule has 0 bridgehead atoms. The predicted octanol–water partition coefficient (Wildman–Crippen LogP) is 1.10. The zero-order valence-corrected chi connectivity index (χ0v) is 8.30. The Balaban J connectivity index is 2.14. The maximum atomic E-state index is 9.29. The topological polar surface area (TPSA) is 64.1 Å². The molecule has 4 nitrogen and oxygen atoms in total. The first-order valence-corrected chi connectivity index (χ1v) is 4.77. The number of hydrogen-bond donors (Lipinski definition) is 2. The van der Waals surface area contributed by atoms with Crippen molar-refractivity contribution in [1.82, 2.24) is 9.78 Å². The third-order valence-electron chi connectivity index (χ3n) is 2.18. The molecule has 1 aromatic heterocycles. The van der Waals surface area contributed by atoms with Gasteiger partial charge in [-0.3, -0.25) is 4.68 Å². The summed E-state index contributed by atoms with van der Waals surface area (Å²) in [5, 5.41) is 13.5. The number of nitrogens with two attached hydrogens (primary N) is 1. The number of benzene rings is 1. The van der Waals surface area contributed by atoms with Crippen molar-refractivity contribution < 1.29 is 5.11 Å². The van der Waals surface area contributed by atoms with E-state index in [-0.39, 0.29) is 5.75 Å². The van der Waals surface area contributed by atoms with Gasteiger partial charge >= 0.3 is 0 Å². The van der Waals surface area contributed by atoms with E-state index in [1.165, 1.54) is 0 Å². The summed E-state index contributed by atoms with van der Waals surface area (Å²) >= 11 is 0. The number of phenolic OH excluding ortho intramolecular Hbond substituents is 1. The highest BCUT2D eigenvalue weighted by molar-refractivity contribution is 5.27. The van der Waals surface area contributed by atoms with Gasteiger partial charge in [0.15, 0.2) is 0 Å². The van der Waals surface area contributed by atoms with E-state index in [4.69, 9.17) is 5.73 Å². The molecule has 15 heavy (non-hydrogen) atoms. The van der Waals surface area contributed by atoms with Gasteiger partial charge in [0.2, 0.25) is 0 Å².